The van der Waals surface area contributed by atoms with Crippen LogP contribution in [-0.4, -0.2) is 44.7 Å². The molecule has 3 rings (SSSR count). The van der Waals surface area contributed by atoms with Gasteiger partial charge in [0.15, 0.2) is 0 Å². The predicted molar refractivity (Wildman–Crippen MR) is 98.0 cm³/mol. The van der Waals surface area contributed by atoms with E-state index in [0.717, 1.165) is 18.6 Å². The van der Waals surface area contributed by atoms with Crippen molar-refractivity contribution in [2.45, 2.75) is 24.8 Å². The second-order valence-electron chi connectivity index (χ2n) is 6.55. The zero-order chi connectivity index (χ0) is 17.8. The van der Waals surface area contributed by atoms with E-state index >= 15 is 0 Å². The Kier molecular flexibility index (Phi) is 5.39. The molecule has 0 fully saturated rings. The monoisotopic (exact) mass is 339 g/mol. The van der Waals surface area contributed by atoms with Gasteiger partial charge in [-0.25, -0.2) is 0 Å². The normalized spacial score (nSPS) is 19.4. The van der Waals surface area contributed by atoms with Gasteiger partial charge in [-0.15, -0.1) is 0 Å². The summed E-state index contributed by atoms with van der Waals surface area (Å²) in [5, 5.41) is 0. The molecule has 0 aromatic heterocycles. The van der Waals surface area contributed by atoms with Gasteiger partial charge in [-0.1, -0.05) is 36.4 Å². The summed E-state index contributed by atoms with van der Waals surface area (Å²) in [5.74, 6) is 0.923. The van der Waals surface area contributed by atoms with Crippen molar-refractivity contribution in [3.05, 3.63) is 65.2 Å². The minimum Gasteiger partial charge on any atom is -0.497 e. The van der Waals surface area contributed by atoms with Gasteiger partial charge < -0.3 is 9.47 Å². The molecule has 132 valence electrons. The summed E-state index contributed by atoms with van der Waals surface area (Å²) in [6.07, 6.45) is 1.97. The maximum atomic E-state index is 11.8. The Morgan fingerprint density at radius 1 is 1.16 bits per heavy atom. The highest BCUT2D eigenvalue weighted by Crippen LogP contribution is 2.40. The Bertz CT molecular complexity index is 729. The van der Waals surface area contributed by atoms with Gasteiger partial charge in [0.1, 0.15) is 5.75 Å². The summed E-state index contributed by atoms with van der Waals surface area (Å²) in [4.78, 5) is 13.9. The summed E-state index contributed by atoms with van der Waals surface area (Å²) in [5.41, 5.74) is 3.92. The van der Waals surface area contributed by atoms with Crippen molar-refractivity contribution in [1.29, 1.82) is 0 Å². The van der Waals surface area contributed by atoms with E-state index in [9.17, 15) is 4.79 Å². The molecule has 0 N–H and O–H groups in total. The standard InChI is InChI=1S/C21H25NO3/c1-22(14-20(23)25-3)19-12-9-16-13-17(24-2)10-11-18(16)21(19)15-7-5-4-6-8-15/h4-8,10-11,13,19,21H,9,12,14H2,1-3H3/t19-,21+/m0/s1. The first-order valence-electron chi connectivity index (χ1n) is 8.63. The molecule has 0 unspecified atom stereocenters. The van der Waals surface area contributed by atoms with Crippen LogP contribution in [0, 0.1) is 0 Å². The number of carbonyl (C=O) groups excluding carboxylic acids is 1. The number of ether oxygens (including phenoxy) is 2. The Morgan fingerprint density at radius 3 is 2.60 bits per heavy atom. The summed E-state index contributed by atoms with van der Waals surface area (Å²) < 4.78 is 10.2. The number of benzene rings is 2. The van der Waals surface area contributed by atoms with E-state index in [4.69, 9.17) is 9.47 Å². The van der Waals surface area contributed by atoms with Crippen LogP contribution < -0.4 is 4.74 Å². The molecule has 2 aromatic rings. The van der Waals surface area contributed by atoms with E-state index < -0.39 is 0 Å². The molecule has 2 atom stereocenters. The van der Waals surface area contributed by atoms with Crippen LogP contribution in [0.25, 0.3) is 0 Å². The van der Waals surface area contributed by atoms with E-state index in [1.165, 1.54) is 23.8 Å². The lowest BCUT2D eigenvalue weighted by Gasteiger charge is -2.39. The van der Waals surface area contributed by atoms with E-state index in [2.05, 4.69) is 41.3 Å². The number of hydrogen-bond acceptors (Lipinski definition) is 4. The van der Waals surface area contributed by atoms with Crippen molar-refractivity contribution < 1.29 is 14.3 Å². The molecule has 0 heterocycles. The summed E-state index contributed by atoms with van der Waals surface area (Å²) in [6.45, 7) is 0.302. The largest absolute Gasteiger partial charge is 0.497 e. The van der Waals surface area contributed by atoms with Crippen LogP contribution in [0.1, 0.15) is 29.0 Å². The van der Waals surface area contributed by atoms with Gasteiger partial charge in [-0.05, 0) is 48.7 Å². The van der Waals surface area contributed by atoms with Gasteiger partial charge in [0.25, 0.3) is 0 Å². The lowest BCUT2D eigenvalue weighted by atomic mass is 9.75. The van der Waals surface area contributed by atoms with Gasteiger partial charge in [-0.3, -0.25) is 9.69 Å². The van der Waals surface area contributed by atoms with Crippen LogP contribution >= 0.6 is 0 Å². The highest BCUT2D eigenvalue weighted by molar-refractivity contribution is 5.71. The molecule has 0 radical (unpaired) electrons. The van der Waals surface area contributed by atoms with Crippen molar-refractivity contribution >= 4 is 5.97 Å². The van der Waals surface area contributed by atoms with Crippen LogP contribution in [0.5, 0.6) is 5.75 Å². The number of hydrogen-bond donors (Lipinski definition) is 0. The molecule has 0 bridgehead atoms. The summed E-state index contributed by atoms with van der Waals surface area (Å²) in [7, 11) is 5.14. The summed E-state index contributed by atoms with van der Waals surface area (Å²) >= 11 is 0. The zero-order valence-electron chi connectivity index (χ0n) is 15.1. The average molecular weight is 339 g/mol. The smallest absolute Gasteiger partial charge is 0.319 e. The highest BCUT2D eigenvalue weighted by Gasteiger charge is 2.34. The minimum absolute atomic E-state index is 0.199. The number of fused-ring (bicyclic) bond motifs is 1. The number of rotatable bonds is 5. The molecule has 0 amide bonds. The molecule has 25 heavy (non-hydrogen) atoms. The summed E-state index contributed by atoms with van der Waals surface area (Å²) in [6, 6.07) is 17.1. The fourth-order valence-electron chi connectivity index (χ4n) is 3.83. The molecule has 4 heteroatoms. The number of aryl methyl sites for hydroxylation is 1. The lowest BCUT2D eigenvalue weighted by Crippen LogP contribution is -2.43. The van der Waals surface area contributed by atoms with Crippen LogP contribution in [-0.2, 0) is 16.0 Å². The van der Waals surface area contributed by atoms with Crippen molar-refractivity contribution in [3.63, 3.8) is 0 Å². The van der Waals surface area contributed by atoms with Crippen LogP contribution in [0.15, 0.2) is 48.5 Å². The third-order valence-corrected chi connectivity index (χ3v) is 5.11. The molecule has 1 aliphatic carbocycles. The first kappa shape index (κ1) is 17.5. The highest BCUT2D eigenvalue weighted by atomic mass is 16.5. The number of esters is 1. The molecule has 4 nitrogen and oxygen atoms in total. The first-order chi connectivity index (χ1) is 12.1. The van der Waals surface area contributed by atoms with Gasteiger partial charge in [-0.2, -0.15) is 0 Å². The van der Waals surface area contributed by atoms with Crippen molar-refractivity contribution in [1.82, 2.24) is 4.90 Å². The van der Waals surface area contributed by atoms with E-state index in [-0.39, 0.29) is 17.9 Å². The average Bonchev–Trinajstić information content (AvgIpc) is 2.66. The maximum Gasteiger partial charge on any atom is 0.319 e. The lowest BCUT2D eigenvalue weighted by molar-refractivity contribution is -0.142. The van der Waals surface area contributed by atoms with Crippen molar-refractivity contribution in [3.8, 4) is 5.75 Å². The SMILES string of the molecule is COC(=O)CN(C)[C@H]1CCc2cc(OC)ccc2[C@H]1c1ccccc1. The fourth-order valence-corrected chi connectivity index (χ4v) is 3.83. The molecule has 1 aliphatic rings. The molecular weight excluding hydrogens is 314 g/mol. The topological polar surface area (TPSA) is 38.8 Å². The van der Waals surface area contributed by atoms with E-state index in [0.29, 0.717) is 6.54 Å². The molecular formula is C21H25NO3. The Hall–Kier alpha value is -2.33. The number of likely N-dealkylation sites (N-methyl/N-ethyl adjacent to an activating group) is 1. The third kappa shape index (κ3) is 3.69. The van der Waals surface area contributed by atoms with Gasteiger partial charge in [0, 0.05) is 12.0 Å². The Labute approximate surface area is 149 Å². The van der Waals surface area contributed by atoms with E-state index in [1.54, 1.807) is 7.11 Å². The second-order valence-corrected chi connectivity index (χ2v) is 6.55. The number of carbonyl (C=O) groups is 1. The first-order valence-corrected chi connectivity index (χ1v) is 8.63. The molecule has 0 spiro atoms. The molecule has 0 saturated heterocycles. The van der Waals surface area contributed by atoms with Crippen LogP contribution in [0.4, 0.5) is 0 Å². The minimum atomic E-state index is -0.199. The van der Waals surface area contributed by atoms with Crippen LogP contribution in [0.2, 0.25) is 0 Å². The molecule has 2 aromatic carbocycles. The quantitative estimate of drug-likeness (QED) is 0.784. The number of methoxy groups -OCH3 is 2. The zero-order valence-corrected chi connectivity index (χ0v) is 15.1. The predicted octanol–water partition coefficient (Wildman–Crippen LogP) is 3.25. The molecule has 0 saturated carbocycles. The Morgan fingerprint density at radius 2 is 1.92 bits per heavy atom. The van der Waals surface area contributed by atoms with Gasteiger partial charge >= 0.3 is 5.97 Å². The van der Waals surface area contributed by atoms with Crippen molar-refractivity contribution in [2.75, 3.05) is 27.8 Å². The van der Waals surface area contributed by atoms with E-state index in [1.807, 2.05) is 19.2 Å². The van der Waals surface area contributed by atoms with Gasteiger partial charge in [0.2, 0.25) is 0 Å². The van der Waals surface area contributed by atoms with Crippen LogP contribution in [0.3, 0.4) is 0 Å². The Balaban J connectivity index is 1.99. The second kappa shape index (κ2) is 7.70. The van der Waals surface area contributed by atoms with Crippen molar-refractivity contribution in [2.24, 2.45) is 0 Å². The third-order valence-electron chi connectivity index (χ3n) is 5.11. The maximum absolute atomic E-state index is 11.8. The molecule has 0 aliphatic heterocycles. The van der Waals surface area contributed by atoms with Gasteiger partial charge in [0.05, 0.1) is 20.8 Å². The number of nitrogens with zero attached hydrogens (tertiary/aromatic N) is 1. The fraction of sp³-hybridized carbons (Fsp3) is 0.381.